The summed E-state index contributed by atoms with van der Waals surface area (Å²) in [4.78, 5) is 13.2. The molecule has 2 saturated carbocycles. The molecule has 2 aliphatic carbocycles. The topological polar surface area (TPSA) is 44.7 Å². The Morgan fingerprint density at radius 2 is 1.97 bits per heavy atom. The van der Waals surface area contributed by atoms with Crippen molar-refractivity contribution >= 4 is 11.7 Å². The van der Waals surface area contributed by atoms with Crippen LogP contribution in [0.25, 0.3) is 0 Å². The summed E-state index contributed by atoms with van der Waals surface area (Å²) in [6.45, 7) is 10.0. The van der Waals surface area contributed by atoms with Crippen molar-refractivity contribution in [3.63, 3.8) is 0 Å². The third-order valence-corrected chi connectivity index (χ3v) is 8.57. The van der Waals surface area contributed by atoms with E-state index >= 15 is 0 Å². The highest BCUT2D eigenvalue weighted by atomic mass is 16.2. The summed E-state index contributed by atoms with van der Waals surface area (Å²) in [5.41, 5.74) is 2.93. The highest BCUT2D eigenvalue weighted by Gasteiger charge is 2.61. The van der Waals surface area contributed by atoms with Crippen molar-refractivity contribution < 1.29 is 4.79 Å². The number of fused-ring (bicyclic) bond motifs is 2. The Bertz CT molecular complexity index is 772. The van der Waals surface area contributed by atoms with Crippen LogP contribution in [0.1, 0.15) is 84.1 Å². The van der Waals surface area contributed by atoms with E-state index in [4.69, 9.17) is 5.10 Å². The summed E-state index contributed by atoms with van der Waals surface area (Å²) in [5.74, 6) is 0.951. The normalized spacial score (nSPS) is 32.5. The maximum Gasteiger partial charge on any atom is 0.338 e. The third-order valence-electron chi connectivity index (χ3n) is 8.57. The van der Waals surface area contributed by atoms with Crippen LogP contribution in [0.5, 0.6) is 0 Å². The van der Waals surface area contributed by atoms with E-state index in [1.807, 2.05) is 0 Å². The first-order valence-corrected chi connectivity index (χ1v) is 11.6. The molecule has 29 heavy (non-hydrogen) atoms. The lowest BCUT2D eigenvalue weighted by atomic mass is 9.69. The number of carbonyl (C=O) groups excluding carboxylic acids is 1. The molecule has 1 aromatic rings. The van der Waals surface area contributed by atoms with Crippen molar-refractivity contribution in [3.8, 4) is 0 Å². The van der Waals surface area contributed by atoms with E-state index in [-0.39, 0.29) is 23.4 Å². The van der Waals surface area contributed by atoms with Crippen molar-refractivity contribution in [3.05, 3.63) is 35.9 Å². The monoisotopic (exact) mass is 395 g/mol. The van der Waals surface area contributed by atoms with Crippen LogP contribution in [0, 0.1) is 16.7 Å². The molecule has 4 rings (SSSR count). The van der Waals surface area contributed by atoms with Gasteiger partial charge in [-0.2, -0.15) is 5.10 Å². The summed E-state index contributed by atoms with van der Waals surface area (Å²) in [6.07, 6.45) is 8.16. The number of hydrogen-bond acceptors (Lipinski definition) is 2. The average molecular weight is 396 g/mol. The number of carbonyl (C=O) groups is 1. The lowest BCUT2D eigenvalue weighted by molar-refractivity contribution is 0.118. The van der Waals surface area contributed by atoms with Crippen molar-refractivity contribution in [2.75, 3.05) is 6.54 Å². The minimum absolute atomic E-state index is 0.00834. The fourth-order valence-electron chi connectivity index (χ4n) is 6.08. The number of nitrogens with zero attached hydrogens (tertiary/aromatic N) is 2. The zero-order chi connectivity index (χ0) is 20.6. The molecule has 4 nitrogen and oxygen atoms in total. The Morgan fingerprint density at radius 1 is 1.21 bits per heavy atom. The van der Waals surface area contributed by atoms with Crippen LogP contribution >= 0.6 is 0 Å². The van der Waals surface area contributed by atoms with Gasteiger partial charge in [-0.05, 0) is 54.4 Å². The Morgan fingerprint density at radius 3 is 2.59 bits per heavy atom. The van der Waals surface area contributed by atoms with Gasteiger partial charge in [0.1, 0.15) is 0 Å². The standard InChI is InChI=1S/C25H37N3O/c1-5-6-8-13-21-20(18-11-9-7-10-12-18)17-28(27-21)23(29)26-22-16-19-14-15-25(22,4)24(19,2)3/h7,9-12,19-20,22H,5-6,8,13-17H2,1-4H3,(H,26,29)/t19-,20?,22-,25-/m0/s1. The van der Waals surface area contributed by atoms with Crippen LogP contribution in [-0.4, -0.2) is 29.3 Å². The van der Waals surface area contributed by atoms with Gasteiger partial charge in [-0.1, -0.05) is 70.9 Å². The SMILES string of the molecule is CCCCCC1=NN(C(=O)N[C@H]2C[C@@H]3CC[C@]2(C)C3(C)C)CC1c1ccccc1. The summed E-state index contributed by atoms with van der Waals surface area (Å²) in [5, 5.41) is 9.92. The Balaban J connectivity index is 1.47. The molecule has 0 radical (unpaired) electrons. The minimum Gasteiger partial charge on any atom is -0.333 e. The maximum absolute atomic E-state index is 13.2. The van der Waals surface area contributed by atoms with Gasteiger partial charge in [0.15, 0.2) is 0 Å². The molecule has 1 heterocycles. The molecule has 3 aliphatic rings. The van der Waals surface area contributed by atoms with Crippen molar-refractivity contribution in [2.24, 2.45) is 21.8 Å². The highest BCUT2D eigenvalue weighted by molar-refractivity contribution is 5.94. The number of nitrogens with one attached hydrogen (secondary N) is 1. The molecule has 0 aromatic heterocycles. The molecule has 2 amide bonds. The summed E-state index contributed by atoms with van der Waals surface area (Å²) < 4.78 is 0. The fraction of sp³-hybridized carbons (Fsp3) is 0.680. The van der Waals surface area contributed by atoms with E-state index in [0.717, 1.165) is 25.2 Å². The van der Waals surface area contributed by atoms with Gasteiger partial charge in [0.05, 0.1) is 6.54 Å². The lowest BCUT2D eigenvalue weighted by Gasteiger charge is -2.39. The van der Waals surface area contributed by atoms with Gasteiger partial charge in [-0.3, -0.25) is 0 Å². The van der Waals surface area contributed by atoms with Gasteiger partial charge in [-0.15, -0.1) is 0 Å². The number of rotatable bonds is 6. The van der Waals surface area contributed by atoms with Gasteiger partial charge in [-0.25, -0.2) is 9.80 Å². The zero-order valence-electron chi connectivity index (χ0n) is 18.6. The maximum atomic E-state index is 13.2. The van der Waals surface area contributed by atoms with Gasteiger partial charge in [0.25, 0.3) is 0 Å². The van der Waals surface area contributed by atoms with Crippen molar-refractivity contribution in [2.45, 2.75) is 84.6 Å². The van der Waals surface area contributed by atoms with Crippen LogP contribution < -0.4 is 5.32 Å². The Hall–Kier alpha value is -1.84. The lowest BCUT2D eigenvalue weighted by Crippen LogP contribution is -2.50. The van der Waals surface area contributed by atoms with E-state index in [0.29, 0.717) is 12.0 Å². The quantitative estimate of drug-likeness (QED) is 0.595. The molecule has 0 spiro atoms. The third kappa shape index (κ3) is 3.49. The number of benzene rings is 1. The second kappa shape index (κ2) is 7.77. The van der Waals surface area contributed by atoms with E-state index in [1.165, 1.54) is 37.0 Å². The van der Waals surface area contributed by atoms with Crippen LogP contribution in [0.15, 0.2) is 35.4 Å². The number of unbranched alkanes of at least 4 members (excludes halogenated alkanes) is 2. The average Bonchev–Trinajstić information content (AvgIpc) is 3.29. The van der Waals surface area contributed by atoms with Crippen LogP contribution in [0.4, 0.5) is 4.79 Å². The largest absolute Gasteiger partial charge is 0.338 e. The minimum atomic E-state index is -0.00834. The summed E-state index contributed by atoms with van der Waals surface area (Å²) >= 11 is 0. The number of urea groups is 1. The first-order valence-electron chi connectivity index (χ1n) is 11.6. The Kier molecular flexibility index (Phi) is 5.48. The molecule has 2 fully saturated rings. The van der Waals surface area contributed by atoms with Crippen molar-refractivity contribution in [1.29, 1.82) is 0 Å². The molecule has 4 atom stereocenters. The second-order valence-electron chi connectivity index (χ2n) is 10.2. The van der Waals surface area contributed by atoms with Crippen LogP contribution in [-0.2, 0) is 0 Å². The van der Waals surface area contributed by atoms with E-state index < -0.39 is 0 Å². The van der Waals surface area contributed by atoms with Gasteiger partial charge >= 0.3 is 6.03 Å². The first kappa shape index (κ1) is 20.4. The number of hydrogen-bond donors (Lipinski definition) is 1. The fourth-order valence-corrected chi connectivity index (χ4v) is 6.08. The molecule has 1 aromatic carbocycles. The van der Waals surface area contributed by atoms with E-state index in [9.17, 15) is 4.79 Å². The molecule has 2 bridgehead atoms. The molecule has 0 saturated heterocycles. The molecule has 1 unspecified atom stereocenters. The molecule has 4 heteroatoms. The first-order chi connectivity index (χ1) is 13.9. The molecule has 158 valence electrons. The molecular formula is C25H37N3O. The van der Waals surface area contributed by atoms with Crippen LogP contribution in [0.2, 0.25) is 0 Å². The van der Waals surface area contributed by atoms with Crippen LogP contribution in [0.3, 0.4) is 0 Å². The highest BCUT2D eigenvalue weighted by Crippen LogP contribution is 2.65. The summed E-state index contributed by atoms with van der Waals surface area (Å²) in [7, 11) is 0. The van der Waals surface area contributed by atoms with Gasteiger partial charge < -0.3 is 5.32 Å². The number of hydrazone groups is 1. The Labute approximate surface area is 176 Å². The second-order valence-corrected chi connectivity index (χ2v) is 10.2. The van der Waals surface area contributed by atoms with Crippen molar-refractivity contribution in [1.82, 2.24) is 10.3 Å². The van der Waals surface area contributed by atoms with Gasteiger partial charge in [0, 0.05) is 17.7 Å². The van der Waals surface area contributed by atoms with E-state index in [1.54, 1.807) is 5.01 Å². The zero-order valence-corrected chi connectivity index (χ0v) is 18.6. The molecular weight excluding hydrogens is 358 g/mol. The predicted octanol–water partition coefficient (Wildman–Crippen LogP) is 5.95. The molecule has 1 N–H and O–H groups in total. The summed E-state index contributed by atoms with van der Waals surface area (Å²) in [6, 6.07) is 10.8. The smallest absolute Gasteiger partial charge is 0.333 e. The van der Waals surface area contributed by atoms with E-state index in [2.05, 4.69) is 63.3 Å². The molecule has 1 aliphatic heterocycles. The van der Waals surface area contributed by atoms with Gasteiger partial charge in [0.2, 0.25) is 0 Å². The predicted molar refractivity (Wildman–Crippen MR) is 119 cm³/mol. The number of amides is 2.